The Morgan fingerprint density at radius 2 is 2.00 bits per heavy atom. The monoisotopic (exact) mass is 299 g/mol. The van der Waals surface area contributed by atoms with Crippen molar-refractivity contribution in [1.29, 1.82) is 5.26 Å². The van der Waals surface area contributed by atoms with E-state index in [9.17, 15) is 4.79 Å². The van der Waals surface area contributed by atoms with Crippen molar-refractivity contribution in [2.45, 2.75) is 46.1 Å². The molecular formula is C18H25N3O. The summed E-state index contributed by atoms with van der Waals surface area (Å²) >= 11 is 0. The van der Waals surface area contributed by atoms with Gasteiger partial charge in [0, 0.05) is 12.7 Å². The standard InChI is InChI=1S/C18H25N3O/c1-4-6-11-20-13-17(12-19)18(22)21-14(3)16-9-7-15(5-2)8-10-16/h7-10,13-14,20H,4-6,11H2,1-3H3,(H,21,22)/b17-13-. The van der Waals surface area contributed by atoms with E-state index >= 15 is 0 Å². The number of aryl methyl sites for hydroxylation is 1. The molecule has 1 aromatic rings. The molecule has 0 saturated carbocycles. The molecule has 0 aromatic heterocycles. The molecule has 4 heteroatoms. The van der Waals surface area contributed by atoms with Crippen LogP contribution in [0.15, 0.2) is 36.0 Å². The first-order valence-corrected chi connectivity index (χ1v) is 7.85. The fourth-order valence-corrected chi connectivity index (χ4v) is 2.00. The maximum atomic E-state index is 12.1. The van der Waals surface area contributed by atoms with Crippen LogP contribution in [0.3, 0.4) is 0 Å². The highest BCUT2D eigenvalue weighted by Gasteiger charge is 2.13. The van der Waals surface area contributed by atoms with Crippen LogP contribution in [0.1, 0.15) is 50.8 Å². The van der Waals surface area contributed by atoms with E-state index in [0.29, 0.717) is 0 Å². The molecule has 0 bridgehead atoms. The third kappa shape index (κ3) is 5.61. The molecule has 22 heavy (non-hydrogen) atoms. The highest BCUT2D eigenvalue weighted by atomic mass is 16.1. The molecule has 4 nitrogen and oxygen atoms in total. The summed E-state index contributed by atoms with van der Waals surface area (Å²) in [6, 6.07) is 9.95. The van der Waals surface area contributed by atoms with Gasteiger partial charge in [-0.05, 0) is 30.9 Å². The number of nitrogens with zero attached hydrogens (tertiary/aromatic N) is 1. The highest BCUT2D eigenvalue weighted by molar-refractivity contribution is 5.97. The summed E-state index contributed by atoms with van der Waals surface area (Å²) in [6.45, 7) is 6.88. The SMILES string of the molecule is CCCCN/C=C(/C#N)C(=O)NC(C)c1ccc(CC)cc1. The van der Waals surface area contributed by atoms with Gasteiger partial charge in [0.05, 0.1) is 6.04 Å². The number of hydrogen-bond donors (Lipinski definition) is 2. The summed E-state index contributed by atoms with van der Waals surface area (Å²) in [5, 5.41) is 14.9. The number of benzene rings is 1. The van der Waals surface area contributed by atoms with Crippen molar-refractivity contribution in [3.05, 3.63) is 47.2 Å². The third-order valence-corrected chi connectivity index (χ3v) is 3.52. The number of amides is 1. The molecule has 0 spiro atoms. The smallest absolute Gasteiger partial charge is 0.263 e. The van der Waals surface area contributed by atoms with Crippen LogP contribution >= 0.6 is 0 Å². The van der Waals surface area contributed by atoms with Gasteiger partial charge in [0.15, 0.2) is 0 Å². The number of rotatable bonds is 8. The third-order valence-electron chi connectivity index (χ3n) is 3.52. The van der Waals surface area contributed by atoms with Gasteiger partial charge >= 0.3 is 0 Å². The van der Waals surface area contributed by atoms with Crippen LogP contribution in [0.2, 0.25) is 0 Å². The number of nitriles is 1. The highest BCUT2D eigenvalue weighted by Crippen LogP contribution is 2.14. The molecule has 0 fully saturated rings. The fraction of sp³-hybridized carbons (Fsp3) is 0.444. The largest absolute Gasteiger partial charge is 0.390 e. The molecule has 0 heterocycles. The van der Waals surface area contributed by atoms with Crippen LogP contribution in [-0.2, 0) is 11.2 Å². The molecule has 1 aromatic carbocycles. The number of nitrogens with one attached hydrogen (secondary N) is 2. The predicted molar refractivity (Wildman–Crippen MR) is 89.0 cm³/mol. The quantitative estimate of drug-likeness (QED) is 0.440. The maximum Gasteiger partial charge on any atom is 0.263 e. The van der Waals surface area contributed by atoms with Crippen LogP contribution in [0, 0.1) is 11.3 Å². The Labute approximate surface area is 133 Å². The summed E-state index contributed by atoms with van der Waals surface area (Å²) in [7, 11) is 0. The van der Waals surface area contributed by atoms with E-state index in [1.807, 2.05) is 25.1 Å². The lowest BCUT2D eigenvalue weighted by molar-refractivity contribution is -0.117. The van der Waals surface area contributed by atoms with Crippen molar-refractivity contribution in [2.24, 2.45) is 0 Å². The van der Waals surface area contributed by atoms with E-state index < -0.39 is 0 Å². The molecule has 2 N–H and O–H groups in total. The Kier molecular flexibility index (Phi) is 7.77. The van der Waals surface area contributed by atoms with E-state index in [1.165, 1.54) is 11.8 Å². The van der Waals surface area contributed by atoms with Crippen molar-refractivity contribution in [3.8, 4) is 6.07 Å². The lowest BCUT2D eigenvalue weighted by Gasteiger charge is -2.14. The summed E-state index contributed by atoms with van der Waals surface area (Å²) in [5.41, 5.74) is 2.40. The molecule has 0 aliphatic heterocycles. The van der Waals surface area contributed by atoms with Crippen molar-refractivity contribution < 1.29 is 4.79 Å². The Morgan fingerprint density at radius 1 is 1.32 bits per heavy atom. The lowest BCUT2D eigenvalue weighted by Crippen LogP contribution is -2.28. The summed E-state index contributed by atoms with van der Waals surface area (Å²) < 4.78 is 0. The topological polar surface area (TPSA) is 64.9 Å². The van der Waals surface area contributed by atoms with Gasteiger partial charge in [-0.1, -0.05) is 44.5 Å². The van der Waals surface area contributed by atoms with Gasteiger partial charge < -0.3 is 10.6 Å². The van der Waals surface area contributed by atoms with Gasteiger partial charge in [-0.15, -0.1) is 0 Å². The van der Waals surface area contributed by atoms with Crippen molar-refractivity contribution in [2.75, 3.05) is 6.54 Å². The van der Waals surface area contributed by atoms with Crippen LogP contribution in [0.25, 0.3) is 0 Å². The second-order valence-electron chi connectivity index (χ2n) is 5.27. The van der Waals surface area contributed by atoms with E-state index in [4.69, 9.17) is 5.26 Å². The number of hydrogen-bond acceptors (Lipinski definition) is 3. The first-order valence-electron chi connectivity index (χ1n) is 7.85. The van der Waals surface area contributed by atoms with Gasteiger partial charge in [-0.25, -0.2) is 0 Å². The summed E-state index contributed by atoms with van der Waals surface area (Å²) in [6.07, 6.45) is 4.57. The minimum absolute atomic E-state index is 0.105. The zero-order valence-electron chi connectivity index (χ0n) is 13.6. The first-order chi connectivity index (χ1) is 10.6. The van der Waals surface area contributed by atoms with Gasteiger partial charge in [-0.2, -0.15) is 5.26 Å². The molecule has 1 amide bonds. The average Bonchev–Trinajstić information content (AvgIpc) is 2.54. The second-order valence-corrected chi connectivity index (χ2v) is 5.27. The maximum absolute atomic E-state index is 12.1. The molecule has 1 unspecified atom stereocenters. The zero-order valence-corrected chi connectivity index (χ0v) is 13.6. The van der Waals surface area contributed by atoms with E-state index in [-0.39, 0.29) is 17.5 Å². The zero-order chi connectivity index (χ0) is 16.4. The molecule has 1 rings (SSSR count). The average molecular weight is 299 g/mol. The van der Waals surface area contributed by atoms with E-state index in [0.717, 1.165) is 31.4 Å². The van der Waals surface area contributed by atoms with Gasteiger partial charge in [-0.3, -0.25) is 4.79 Å². The van der Waals surface area contributed by atoms with Crippen LogP contribution in [0.5, 0.6) is 0 Å². The molecular weight excluding hydrogens is 274 g/mol. The number of carbonyl (C=O) groups excluding carboxylic acids is 1. The lowest BCUT2D eigenvalue weighted by atomic mass is 10.0. The van der Waals surface area contributed by atoms with E-state index in [2.05, 4.69) is 36.6 Å². The van der Waals surface area contributed by atoms with Crippen LogP contribution in [-0.4, -0.2) is 12.5 Å². The fourth-order valence-electron chi connectivity index (χ4n) is 2.00. The summed E-state index contributed by atoms with van der Waals surface area (Å²) in [5.74, 6) is -0.349. The molecule has 0 aliphatic carbocycles. The second kappa shape index (κ2) is 9.62. The Hall–Kier alpha value is -2.28. The van der Waals surface area contributed by atoms with Gasteiger partial charge in [0.2, 0.25) is 0 Å². The molecule has 118 valence electrons. The summed E-state index contributed by atoms with van der Waals surface area (Å²) in [4.78, 5) is 12.1. The van der Waals surface area contributed by atoms with E-state index in [1.54, 1.807) is 0 Å². The van der Waals surface area contributed by atoms with Gasteiger partial charge in [0.25, 0.3) is 5.91 Å². The number of unbranched alkanes of at least 4 members (excludes halogenated alkanes) is 1. The normalized spacial score (nSPS) is 12.4. The van der Waals surface area contributed by atoms with Gasteiger partial charge in [0.1, 0.15) is 11.6 Å². The Morgan fingerprint density at radius 3 is 2.55 bits per heavy atom. The molecule has 1 atom stereocenters. The van der Waals surface area contributed by atoms with Crippen molar-refractivity contribution in [1.82, 2.24) is 10.6 Å². The molecule has 0 aliphatic rings. The Balaban J connectivity index is 2.62. The predicted octanol–water partition coefficient (Wildman–Crippen LogP) is 3.22. The minimum Gasteiger partial charge on any atom is -0.390 e. The van der Waals surface area contributed by atoms with Crippen molar-refractivity contribution >= 4 is 5.91 Å². The molecule has 0 saturated heterocycles. The minimum atomic E-state index is -0.349. The molecule has 0 radical (unpaired) electrons. The first kappa shape index (κ1) is 17.8. The van der Waals surface area contributed by atoms with Crippen LogP contribution in [0.4, 0.5) is 0 Å². The Bertz CT molecular complexity index is 540. The van der Waals surface area contributed by atoms with Crippen LogP contribution < -0.4 is 10.6 Å². The van der Waals surface area contributed by atoms with Crippen molar-refractivity contribution in [3.63, 3.8) is 0 Å². The number of carbonyl (C=O) groups is 1.